The van der Waals surface area contributed by atoms with Crippen LogP contribution in [0.1, 0.15) is 26.3 Å². The largest absolute Gasteiger partial charge is 0.437 e. The molecule has 0 bridgehead atoms. The number of hydrogen-bond acceptors (Lipinski definition) is 3. The van der Waals surface area contributed by atoms with E-state index in [0.29, 0.717) is 5.71 Å². The van der Waals surface area contributed by atoms with Crippen LogP contribution >= 0.6 is 0 Å². The summed E-state index contributed by atoms with van der Waals surface area (Å²) in [5, 5.41) is 2.04. The number of furan rings is 1. The van der Waals surface area contributed by atoms with Crippen molar-refractivity contribution in [1.82, 2.24) is 14.5 Å². The van der Waals surface area contributed by atoms with Crippen LogP contribution in [-0.2, 0) is 5.41 Å². The van der Waals surface area contributed by atoms with Gasteiger partial charge in [-0.3, -0.25) is 4.57 Å². The lowest BCUT2D eigenvalue weighted by Gasteiger charge is -2.23. The molecule has 0 N–H and O–H groups in total. The maximum atomic E-state index is 6.34. The molecule has 7 rings (SSSR count). The fourth-order valence-corrected chi connectivity index (χ4v) is 5.31. The zero-order chi connectivity index (χ0) is 25.9. The van der Waals surface area contributed by atoms with Crippen LogP contribution < -0.4 is 0 Å². The van der Waals surface area contributed by atoms with E-state index < -0.39 is 0 Å². The predicted molar refractivity (Wildman–Crippen MR) is 156 cm³/mol. The van der Waals surface area contributed by atoms with Gasteiger partial charge in [0.05, 0.1) is 22.3 Å². The summed E-state index contributed by atoms with van der Waals surface area (Å²) >= 11 is 0. The SMILES string of the molecule is CC(C)(C)c1ccc(-n2c(-c3cccc4c3oc3ncccc34)nc3ccccc32)c(-c2ccccc2)c1. The minimum Gasteiger partial charge on any atom is -0.437 e. The monoisotopic (exact) mass is 493 g/mol. The van der Waals surface area contributed by atoms with Crippen LogP contribution in [0.15, 0.2) is 114 Å². The van der Waals surface area contributed by atoms with Crippen molar-refractivity contribution in [2.45, 2.75) is 26.2 Å². The van der Waals surface area contributed by atoms with E-state index in [1.165, 1.54) is 16.7 Å². The Hall–Kier alpha value is -4.70. The smallest absolute Gasteiger partial charge is 0.227 e. The lowest BCUT2D eigenvalue weighted by molar-refractivity contribution is 0.590. The number of aromatic nitrogens is 3. The molecule has 3 aromatic heterocycles. The number of nitrogens with zero attached hydrogens (tertiary/aromatic N) is 3. The van der Waals surface area contributed by atoms with Crippen molar-refractivity contribution in [2.24, 2.45) is 0 Å². The van der Waals surface area contributed by atoms with Crippen LogP contribution in [-0.4, -0.2) is 14.5 Å². The highest BCUT2D eigenvalue weighted by atomic mass is 16.3. The van der Waals surface area contributed by atoms with Gasteiger partial charge in [-0.1, -0.05) is 81.4 Å². The van der Waals surface area contributed by atoms with Gasteiger partial charge in [-0.25, -0.2) is 9.97 Å². The lowest BCUT2D eigenvalue weighted by Crippen LogP contribution is -2.12. The van der Waals surface area contributed by atoms with Crippen molar-refractivity contribution in [1.29, 1.82) is 0 Å². The second-order valence-electron chi connectivity index (χ2n) is 10.7. The molecule has 4 aromatic carbocycles. The molecule has 4 nitrogen and oxygen atoms in total. The normalized spacial score (nSPS) is 12.1. The Bertz CT molecular complexity index is 1960. The van der Waals surface area contributed by atoms with E-state index in [0.717, 1.165) is 44.5 Å². The zero-order valence-corrected chi connectivity index (χ0v) is 21.6. The molecule has 3 heterocycles. The molecular formula is C34H27N3O. The number of para-hydroxylation sites is 3. The molecule has 184 valence electrons. The second-order valence-corrected chi connectivity index (χ2v) is 10.7. The van der Waals surface area contributed by atoms with Crippen LogP contribution in [0.5, 0.6) is 0 Å². The average Bonchev–Trinajstić information content (AvgIpc) is 3.51. The Morgan fingerprint density at radius 1 is 0.711 bits per heavy atom. The summed E-state index contributed by atoms with van der Waals surface area (Å²) in [6.45, 7) is 6.77. The Morgan fingerprint density at radius 2 is 1.50 bits per heavy atom. The number of hydrogen-bond donors (Lipinski definition) is 0. The van der Waals surface area contributed by atoms with Gasteiger partial charge in [0.25, 0.3) is 0 Å². The average molecular weight is 494 g/mol. The third kappa shape index (κ3) is 3.52. The number of imidazole rings is 1. The topological polar surface area (TPSA) is 43.9 Å². The fourth-order valence-electron chi connectivity index (χ4n) is 5.31. The van der Waals surface area contributed by atoms with Crippen LogP contribution in [0.25, 0.3) is 61.3 Å². The Morgan fingerprint density at radius 3 is 2.34 bits per heavy atom. The molecule has 0 fully saturated rings. The molecule has 0 spiro atoms. The molecule has 0 aliphatic heterocycles. The summed E-state index contributed by atoms with van der Waals surface area (Å²) in [5.41, 5.74) is 9.09. The van der Waals surface area contributed by atoms with Gasteiger partial charge < -0.3 is 4.42 Å². The molecule has 0 amide bonds. The minimum absolute atomic E-state index is 0.0226. The van der Waals surface area contributed by atoms with E-state index in [4.69, 9.17) is 9.40 Å². The highest BCUT2D eigenvalue weighted by molar-refractivity contribution is 6.08. The van der Waals surface area contributed by atoms with E-state index in [1.54, 1.807) is 6.20 Å². The summed E-state index contributed by atoms with van der Waals surface area (Å²) in [6, 6.07) is 36.0. The maximum absolute atomic E-state index is 6.34. The highest BCUT2D eigenvalue weighted by Crippen LogP contribution is 2.40. The Kier molecular flexibility index (Phi) is 4.98. The number of fused-ring (bicyclic) bond motifs is 4. The van der Waals surface area contributed by atoms with Crippen molar-refractivity contribution >= 4 is 33.1 Å². The summed E-state index contributed by atoms with van der Waals surface area (Å²) in [4.78, 5) is 9.64. The van der Waals surface area contributed by atoms with Crippen molar-refractivity contribution in [3.8, 4) is 28.2 Å². The third-order valence-corrected chi connectivity index (χ3v) is 7.27. The molecule has 0 unspecified atom stereocenters. The first kappa shape index (κ1) is 22.5. The van der Waals surface area contributed by atoms with Gasteiger partial charge in [-0.05, 0) is 59.0 Å². The molecule has 7 aromatic rings. The molecule has 0 aliphatic carbocycles. The van der Waals surface area contributed by atoms with Crippen molar-refractivity contribution in [3.05, 3.63) is 115 Å². The zero-order valence-electron chi connectivity index (χ0n) is 21.6. The minimum atomic E-state index is 0.0226. The van der Waals surface area contributed by atoms with E-state index in [9.17, 15) is 0 Å². The Balaban J connectivity index is 1.58. The van der Waals surface area contributed by atoms with Crippen LogP contribution in [0.2, 0.25) is 0 Å². The van der Waals surface area contributed by atoms with Crippen LogP contribution in [0.3, 0.4) is 0 Å². The molecule has 0 aliphatic rings. The van der Waals surface area contributed by atoms with E-state index >= 15 is 0 Å². The van der Waals surface area contributed by atoms with Gasteiger partial charge in [0.2, 0.25) is 5.71 Å². The van der Waals surface area contributed by atoms with Crippen LogP contribution in [0.4, 0.5) is 0 Å². The molecule has 0 radical (unpaired) electrons. The fraction of sp³-hybridized carbons (Fsp3) is 0.118. The highest BCUT2D eigenvalue weighted by Gasteiger charge is 2.23. The first-order valence-electron chi connectivity index (χ1n) is 12.9. The van der Waals surface area contributed by atoms with E-state index in [-0.39, 0.29) is 5.41 Å². The first-order chi connectivity index (χ1) is 18.5. The molecule has 0 saturated carbocycles. The number of benzene rings is 4. The molecule has 4 heteroatoms. The Labute approximate surface area is 221 Å². The lowest BCUT2D eigenvalue weighted by atomic mass is 9.85. The van der Waals surface area contributed by atoms with Crippen LogP contribution in [0, 0.1) is 0 Å². The van der Waals surface area contributed by atoms with Gasteiger partial charge in [0.1, 0.15) is 11.4 Å². The maximum Gasteiger partial charge on any atom is 0.227 e. The predicted octanol–water partition coefficient (Wildman–Crippen LogP) is 8.95. The standard InChI is InChI=1S/C34H27N3O/c1-34(2,3)23-18-19-29(27(21-23)22-11-5-4-6-12-22)37-30-17-8-7-16-28(30)36-32(37)26-14-9-13-24-25-15-10-20-35-33(25)38-31(24)26/h4-21H,1-3H3. The van der Waals surface area contributed by atoms with Crippen molar-refractivity contribution in [3.63, 3.8) is 0 Å². The number of rotatable bonds is 3. The van der Waals surface area contributed by atoms with E-state index in [1.807, 2.05) is 12.1 Å². The summed E-state index contributed by atoms with van der Waals surface area (Å²) in [6.07, 6.45) is 1.77. The van der Waals surface area contributed by atoms with Gasteiger partial charge in [0.15, 0.2) is 0 Å². The molecular weight excluding hydrogens is 466 g/mol. The molecule has 0 saturated heterocycles. The first-order valence-corrected chi connectivity index (χ1v) is 12.9. The molecule has 0 atom stereocenters. The van der Waals surface area contributed by atoms with Crippen molar-refractivity contribution < 1.29 is 4.42 Å². The van der Waals surface area contributed by atoms with Crippen molar-refractivity contribution in [2.75, 3.05) is 0 Å². The second kappa shape index (κ2) is 8.42. The van der Waals surface area contributed by atoms with Gasteiger partial charge in [0, 0.05) is 22.5 Å². The third-order valence-electron chi connectivity index (χ3n) is 7.27. The van der Waals surface area contributed by atoms with Gasteiger partial charge in [-0.2, -0.15) is 0 Å². The summed E-state index contributed by atoms with van der Waals surface area (Å²) in [5.74, 6) is 0.844. The molecule has 38 heavy (non-hydrogen) atoms. The van der Waals surface area contributed by atoms with Gasteiger partial charge in [-0.15, -0.1) is 0 Å². The summed E-state index contributed by atoms with van der Waals surface area (Å²) < 4.78 is 8.62. The number of pyridine rings is 1. The summed E-state index contributed by atoms with van der Waals surface area (Å²) in [7, 11) is 0. The van der Waals surface area contributed by atoms with E-state index in [2.05, 4.69) is 121 Å². The van der Waals surface area contributed by atoms with Gasteiger partial charge >= 0.3 is 0 Å². The quantitative estimate of drug-likeness (QED) is 0.247.